The van der Waals surface area contributed by atoms with Gasteiger partial charge in [0.15, 0.2) is 0 Å². The highest BCUT2D eigenvalue weighted by Gasteiger charge is 2.12. The molecule has 1 aliphatic rings. The van der Waals surface area contributed by atoms with Gasteiger partial charge in [0.1, 0.15) is 12.3 Å². The molecule has 5 heteroatoms. The van der Waals surface area contributed by atoms with E-state index in [0.29, 0.717) is 12.3 Å². The van der Waals surface area contributed by atoms with Gasteiger partial charge in [0.25, 0.3) is 0 Å². The standard InChI is InChI=1S/C14H21N3O2/c18-14(13-10-16-6-7-17-13)11-19-8-2-4-12-3-1-5-15-9-12/h6-7,10,12,15H,1-5,8-9,11H2. The molecule has 0 saturated carbocycles. The lowest BCUT2D eigenvalue weighted by Crippen LogP contribution is -2.29. The molecule has 19 heavy (non-hydrogen) atoms. The normalized spacial score (nSPS) is 19.3. The van der Waals surface area contributed by atoms with E-state index in [1.54, 1.807) is 6.20 Å². The smallest absolute Gasteiger partial charge is 0.208 e. The number of rotatable bonds is 7. The van der Waals surface area contributed by atoms with Gasteiger partial charge in [-0.15, -0.1) is 0 Å². The number of ketones is 1. The number of carbonyl (C=O) groups is 1. The van der Waals surface area contributed by atoms with E-state index < -0.39 is 0 Å². The van der Waals surface area contributed by atoms with Gasteiger partial charge in [-0.1, -0.05) is 0 Å². The largest absolute Gasteiger partial charge is 0.373 e. The topological polar surface area (TPSA) is 64.1 Å². The summed E-state index contributed by atoms with van der Waals surface area (Å²) >= 11 is 0. The van der Waals surface area contributed by atoms with Gasteiger partial charge in [-0.2, -0.15) is 0 Å². The third-order valence-electron chi connectivity index (χ3n) is 3.38. The second-order valence-electron chi connectivity index (χ2n) is 4.92. The molecule has 0 radical (unpaired) electrons. The van der Waals surface area contributed by atoms with Crippen molar-refractivity contribution < 1.29 is 9.53 Å². The van der Waals surface area contributed by atoms with Crippen molar-refractivity contribution in [3.05, 3.63) is 24.3 Å². The Morgan fingerprint density at radius 3 is 3.16 bits per heavy atom. The molecule has 1 N–H and O–H groups in total. The Kier molecular flexibility index (Phi) is 5.91. The number of Topliss-reactive ketones (excluding diaryl/α,β-unsaturated/α-hetero) is 1. The van der Waals surface area contributed by atoms with Gasteiger partial charge >= 0.3 is 0 Å². The van der Waals surface area contributed by atoms with Crippen molar-refractivity contribution in [3.8, 4) is 0 Å². The summed E-state index contributed by atoms with van der Waals surface area (Å²) in [4.78, 5) is 19.5. The zero-order valence-electron chi connectivity index (χ0n) is 11.2. The summed E-state index contributed by atoms with van der Waals surface area (Å²) in [5, 5.41) is 3.41. The zero-order chi connectivity index (χ0) is 13.3. The molecule has 1 aromatic rings. The minimum absolute atomic E-state index is 0.0988. The third-order valence-corrected chi connectivity index (χ3v) is 3.38. The van der Waals surface area contributed by atoms with Crippen molar-refractivity contribution in [1.82, 2.24) is 15.3 Å². The second kappa shape index (κ2) is 7.96. The predicted octanol–water partition coefficient (Wildman–Crippen LogP) is 1.46. The molecule has 1 unspecified atom stereocenters. The molecule has 1 aliphatic heterocycles. The van der Waals surface area contributed by atoms with Crippen molar-refractivity contribution in [2.75, 3.05) is 26.3 Å². The van der Waals surface area contributed by atoms with E-state index >= 15 is 0 Å². The first-order valence-corrected chi connectivity index (χ1v) is 6.94. The van der Waals surface area contributed by atoms with Crippen LogP contribution in [0.15, 0.2) is 18.6 Å². The second-order valence-corrected chi connectivity index (χ2v) is 4.92. The monoisotopic (exact) mass is 263 g/mol. The fourth-order valence-electron chi connectivity index (χ4n) is 2.33. The Balaban J connectivity index is 1.55. The van der Waals surface area contributed by atoms with Gasteiger partial charge in [0.05, 0.1) is 6.20 Å². The molecule has 104 valence electrons. The summed E-state index contributed by atoms with van der Waals surface area (Å²) in [6, 6.07) is 0. The zero-order valence-corrected chi connectivity index (χ0v) is 11.2. The number of aromatic nitrogens is 2. The third kappa shape index (κ3) is 5.04. The van der Waals surface area contributed by atoms with Crippen LogP contribution in [0.3, 0.4) is 0 Å². The molecule has 0 amide bonds. The molecule has 1 aromatic heterocycles. The Bertz CT molecular complexity index is 378. The van der Waals surface area contributed by atoms with Crippen LogP contribution in [0.25, 0.3) is 0 Å². The van der Waals surface area contributed by atoms with E-state index in [0.717, 1.165) is 25.4 Å². The first-order valence-electron chi connectivity index (χ1n) is 6.94. The lowest BCUT2D eigenvalue weighted by atomic mass is 9.95. The molecule has 0 aromatic carbocycles. The molecular weight excluding hydrogens is 242 g/mol. The Hall–Kier alpha value is -1.33. The molecule has 1 atom stereocenters. The lowest BCUT2D eigenvalue weighted by molar-refractivity contribution is 0.0740. The van der Waals surface area contributed by atoms with Gasteiger partial charge in [0.2, 0.25) is 5.78 Å². The van der Waals surface area contributed by atoms with Crippen molar-refractivity contribution in [2.24, 2.45) is 5.92 Å². The van der Waals surface area contributed by atoms with Crippen LogP contribution >= 0.6 is 0 Å². The highest BCUT2D eigenvalue weighted by atomic mass is 16.5. The quantitative estimate of drug-likeness (QED) is 0.596. The number of nitrogens with zero attached hydrogens (tertiary/aromatic N) is 2. The molecule has 0 bridgehead atoms. The van der Waals surface area contributed by atoms with E-state index in [4.69, 9.17) is 4.74 Å². The van der Waals surface area contributed by atoms with Crippen LogP contribution in [0.5, 0.6) is 0 Å². The van der Waals surface area contributed by atoms with Gasteiger partial charge in [-0.3, -0.25) is 9.78 Å². The molecular formula is C14H21N3O2. The predicted molar refractivity (Wildman–Crippen MR) is 72.0 cm³/mol. The minimum Gasteiger partial charge on any atom is -0.373 e. The number of ether oxygens (including phenoxy) is 1. The number of hydrogen-bond donors (Lipinski definition) is 1. The van der Waals surface area contributed by atoms with Crippen LogP contribution in [-0.4, -0.2) is 42.1 Å². The summed E-state index contributed by atoms with van der Waals surface area (Å²) in [7, 11) is 0. The molecule has 0 aliphatic carbocycles. The van der Waals surface area contributed by atoms with Crippen LogP contribution in [0.2, 0.25) is 0 Å². The Morgan fingerprint density at radius 1 is 1.47 bits per heavy atom. The molecule has 2 rings (SSSR count). The van der Waals surface area contributed by atoms with Crippen LogP contribution in [-0.2, 0) is 4.74 Å². The van der Waals surface area contributed by atoms with Crippen molar-refractivity contribution in [1.29, 1.82) is 0 Å². The van der Waals surface area contributed by atoms with E-state index in [-0.39, 0.29) is 12.4 Å². The average molecular weight is 263 g/mol. The highest BCUT2D eigenvalue weighted by molar-refractivity contribution is 5.94. The van der Waals surface area contributed by atoms with E-state index in [1.807, 2.05) is 0 Å². The Labute approximate surface area is 113 Å². The minimum atomic E-state index is -0.104. The van der Waals surface area contributed by atoms with Crippen LogP contribution in [0.4, 0.5) is 0 Å². The maximum Gasteiger partial charge on any atom is 0.208 e. The van der Waals surface area contributed by atoms with Crippen molar-refractivity contribution in [2.45, 2.75) is 25.7 Å². The van der Waals surface area contributed by atoms with Gasteiger partial charge in [-0.25, -0.2) is 4.98 Å². The number of carbonyl (C=O) groups excluding carboxylic acids is 1. The van der Waals surface area contributed by atoms with Crippen LogP contribution in [0.1, 0.15) is 36.2 Å². The highest BCUT2D eigenvalue weighted by Crippen LogP contribution is 2.15. The van der Waals surface area contributed by atoms with Crippen LogP contribution in [0, 0.1) is 5.92 Å². The maximum atomic E-state index is 11.7. The summed E-state index contributed by atoms with van der Waals surface area (Å²) in [6.07, 6.45) is 9.31. The summed E-state index contributed by atoms with van der Waals surface area (Å²) in [5.74, 6) is 0.667. The van der Waals surface area contributed by atoms with E-state index in [2.05, 4.69) is 15.3 Å². The number of hydrogen-bond acceptors (Lipinski definition) is 5. The summed E-state index contributed by atoms with van der Waals surface area (Å²) in [5.41, 5.74) is 0.374. The van der Waals surface area contributed by atoms with Crippen LogP contribution < -0.4 is 5.32 Å². The van der Waals surface area contributed by atoms with Gasteiger partial charge in [-0.05, 0) is 44.7 Å². The van der Waals surface area contributed by atoms with Gasteiger partial charge in [0, 0.05) is 19.0 Å². The maximum absolute atomic E-state index is 11.7. The molecule has 1 saturated heterocycles. The van der Waals surface area contributed by atoms with E-state index in [1.165, 1.54) is 31.7 Å². The molecule has 0 spiro atoms. The average Bonchev–Trinajstić information content (AvgIpc) is 2.49. The SMILES string of the molecule is O=C(COCCCC1CCCNC1)c1cnccn1. The number of piperidine rings is 1. The van der Waals surface area contributed by atoms with Crippen molar-refractivity contribution in [3.63, 3.8) is 0 Å². The molecule has 1 fully saturated rings. The summed E-state index contributed by atoms with van der Waals surface area (Å²) < 4.78 is 5.40. The first kappa shape index (κ1) is 14.1. The molecule has 5 nitrogen and oxygen atoms in total. The lowest BCUT2D eigenvalue weighted by Gasteiger charge is -2.22. The Morgan fingerprint density at radius 2 is 2.42 bits per heavy atom. The van der Waals surface area contributed by atoms with E-state index in [9.17, 15) is 4.79 Å². The molecule has 2 heterocycles. The van der Waals surface area contributed by atoms with Gasteiger partial charge < -0.3 is 10.1 Å². The number of nitrogens with one attached hydrogen (secondary N) is 1. The first-order chi connectivity index (χ1) is 9.36. The fourth-order valence-corrected chi connectivity index (χ4v) is 2.33. The summed E-state index contributed by atoms with van der Waals surface area (Å²) in [6.45, 7) is 3.02. The fraction of sp³-hybridized carbons (Fsp3) is 0.643. The van der Waals surface area contributed by atoms with Crippen molar-refractivity contribution >= 4 is 5.78 Å².